The zero-order chi connectivity index (χ0) is 20.2. The Hall–Kier alpha value is -3.92. The number of rotatable bonds is 4. The Morgan fingerprint density at radius 3 is 1.90 bits per heavy atom. The van der Waals surface area contributed by atoms with E-state index < -0.39 is 5.97 Å². The highest BCUT2D eigenvalue weighted by Gasteiger charge is 2.31. The van der Waals surface area contributed by atoms with Gasteiger partial charge in [-0.05, 0) is 34.9 Å². The van der Waals surface area contributed by atoms with E-state index in [1.165, 1.54) is 7.11 Å². The molecule has 4 heteroatoms. The lowest BCUT2D eigenvalue weighted by atomic mass is 9.94. The number of carbonyl (C=O) groups is 2. The fourth-order valence-electron chi connectivity index (χ4n) is 3.27. The van der Waals surface area contributed by atoms with E-state index in [0.29, 0.717) is 16.9 Å². The van der Waals surface area contributed by atoms with Crippen LogP contribution in [0.3, 0.4) is 0 Å². The summed E-state index contributed by atoms with van der Waals surface area (Å²) in [6.45, 7) is 0. The van der Waals surface area contributed by atoms with E-state index >= 15 is 0 Å². The maximum Gasteiger partial charge on any atom is 0.344 e. The molecular weight excluding hydrogens is 364 g/mol. The Labute approximate surface area is 168 Å². The number of hydrogen-bond donors (Lipinski definition) is 0. The van der Waals surface area contributed by atoms with Gasteiger partial charge in [0.25, 0.3) is 0 Å². The van der Waals surface area contributed by atoms with Crippen molar-refractivity contribution in [3.05, 3.63) is 113 Å². The van der Waals surface area contributed by atoms with Crippen LogP contribution in [0.15, 0.2) is 90.7 Å². The molecule has 1 aliphatic rings. The zero-order valence-electron chi connectivity index (χ0n) is 15.8. The molecule has 0 saturated carbocycles. The Kier molecular flexibility index (Phi) is 5.08. The van der Waals surface area contributed by atoms with Crippen molar-refractivity contribution in [3.63, 3.8) is 0 Å². The molecule has 0 radical (unpaired) electrons. The molecule has 0 bridgehead atoms. The molecule has 0 fully saturated rings. The first-order valence-corrected chi connectivity index (χ1v) is 9.15. The van der Waals surface area contributed by atoms with Crippen molar-refractivity contribution in [2.75, 3.05) is 7.11 Å². The number of allylic oxidation sites excluding steroid dienone is 1. The highest BCUT2D eigenvalue weighted by Crippen LogP contribution is 2.40. The standard InChI is InChI=1S/C25H18O4/c1-28-24(26)20-14-12-17(13-15-20)16-21-22(18-8-4-2-5-9-18)23(25(27)29-21)19-10-6-3-7-11-19/h2-16H,1H3. The first-order valence-electron chi connectivity index (χ1n) is 9.15. The van der Waals surface area contributed by atoms with E-state index in [4.69, 9.17) is 9.47 Å². The number of carbonyl (C=O) groups excluding carboxylic acids is 2. The number of ether oxygens (including phenoxy) is 2. The van der Waals surface area contributed by atoms with Crippen LogP contribution in [0.2, 0.25) is 0 Å². The molecule has 0 saturated heterocycles. The summed E-state index contributed by atoms with van der Waals surface area (Å²) in [4.78, 5) is 24.4. The van der Waals surface area contributed by atoms with E-state index in [1.54, 1.807) is 30.3 Å². The van der Waals surface area contributed by atoms with Crippen LogP contribution < -0.4 is 0 Å². The van der Waals surface area contributed by atoms with Crippen molar-refractivity contribution in [2.45, 2.75) is 0 Å². The highest BCUT2D eigenvalue weighted by molar-refractivity contribution is 6.30. The molecule has 1 heterocycles. The van der Waals surface area contributed by atoms with Gasteiger partial charge in [0.1, 0.15) is 5.76 Å². The Balaban J connectivity index is 1.83. The summed E-state index contributed by atoms with van der Waals surface area (Å²) >= 11 is 0. The predicted molar refractivity (Wildman–Crippen MR) is 112 cm³/mol. The van der Waals surface area contributed by atoms with Crippen LogP contribution in [0.25, 0.3) is 17.2 Å². The molecule has 0 aliphatic carbocycles. The van der Waals surface area contributed by atoms with Crippen LogP contribution in [0.4, 0.5) is 0 Å². The Morgan fingerprint density at radius 2 is 1.34 bits per heavy atom. The summed E-state index contributed by atoms with van der Waals surface area (Å²) in [5, 5.41) is 0. The van der Waals surface area contributed by atoms with E-state index in [0.717, 1.165) is 22.3 Å². The SMILES string of the molecule is COC(=O)c1ccc(C=C2OC(=O)C(c3ccccc3)=C2c2ccccc2)cc1. The molecule has 0 atom stereocenters. The third-order valence-electron chi connectivity index (χ3n) is 4.66. The molecule has 4 rings (SSSR count). The normalized spacial score (nSPS) is 14.8. The van der Waals surface area contributed by atoms with Crippen molar-refractivity contribution < 1.29 is 19.1 Å². The van der Waals surface area contributed by atoms with Gasteiger partial charge in [0.2, 0.25) is 0 Å². The van der Waals surface area contributed by atoms with Gasteiger partial charge < -0.3 is 9.47 Å². The Morgan fingerprint density at radius 1 is 0.793 bits per heavy atom. The number of methoxy groups -OCH3 is 1. The summed E-state index contributed by atoms with van der Waals surface area (Å²) in [7, 11) is 1.35. The molecule has 0 amide bonds. The van der Waals surface area contributed by atoms with Crippen molar-refractivity contribution >= 4 is 29.2 Å². The number of cyclic esters (lactones) is 1. The van der Waals surface area contributed by atoms with Crippen LogP contribution in [0.5, 0.6) is 0 Å². The van der Waals surface area contributed by atoms with Crippen LogP contribution >= 0.6 is 0 Å². The first-order chi connectivity index (χ1) is 14.2. The minimum absolute atomic E-state index is 0.382. The lowest BCUT2D eigenvalue weighted by Crippen LogP contribution is -2.00. The summed E-state index contributed by atoms with van der Waals surface area (Å²) < 4.78 is 10.4. The van der Waals surface area contributed by atoms with Gasteiger partial charge >= 0.3 is 11.9 Å². The third-order valence-corrected chi connectivity index (χ3v) is 4.66. The minimum atomic E-state index is -0.396. The van der Waals surface area contributed by atoms with E-state index in [1.807, 2.05) is 60.7 Å². The van der Waals surface area contributed by atoms with Gasteiger partial charge in [-0.1, -0.05) is 72.8 Å². The average molecular weight is 382 g/mol. The van der Waals surface area contributed by atoms with Crippen molar-refractivity contribution in [1.82, 2.24) is 0 Å². The van der Waals surface area contributed by atoms with Crippen molar-refractivity contribution in [2.24, 2.45) is 0 Å². The van der Waals surface area contributed by atoms with Crippen molar-refractivity contribution in [3.8, 4) is 0 Å². The highest BCUT2D eigenvalue weighted by atomic mass is 16.5. The summed E-state index contributed by atoms with van der Waals surface area (Å²) in [6.07, 6.45) is 1.80. The van der Waals surface area contributed by atoms with Crippen LogP contribution in [0, 0.1) is 0 Å². The maximum atomic E-state index is 12.8. The molecule has 0 N–H and O–H groups in total. The quantitative estimate of drug-likeness (QED) is 0.597. The molecule has 0 unspecified atom stereocenters. The molecule has 4 nitrogen and oxygen atoms in total. The topological polar surface area (TPSA) is 52.6 Å². The molecule has 3 aromatic carbocycles. The molecule has 29 heavy (non-hydrogen) atoms. The van der Waals surface area contributed by atoms with Gasteiger partial charge in [0.15, 0.2) is 0 Å². The first kappa shape index (κ1) is 18.4. The molecular formula is C25H18O4. The zero-order valence-corrected chi connectivity index (χ0v) is 15.8. The second-order valence-corrected chi connectivity index (χ2v) is 6.49. The molecule has 3 aromatic rings. The van der Waals surface area contributed by atoms with Crippen LogP contribution in [-0.2, 0) is 14.3 Å². The lowest BCUT2D eigenvalue weighted by molar-refractivity contribution is -0.131. The molecule has 142 valence electrons. The van der Waals surface area contributed by atoms with Gasteiger partial charge in [-0.2, -0.15) is 0 Å². The fraction of sp³-hybridized carbons (Fsp3) is 0.0400. The van der Waals surface area contributed by atoms with Gasteiger partial charge in [-0.25, -0.2) is 9.59 Å². The molecule has 0 spiro atoms. The number of benzene rings is 3. The van der Waals surface area contributed by atoms with Crippen LogP contribution in [-0.4, -0.2) is 19.0 Å². The van der Waals surface area contributed by atoms with Gasteiger partial charge in [-0.3, -0.25) is 0 Å². The molecule has 0 aromatic heterocycles. The summed E-state index contributed by atoms with van der Waals surface area (Å²) in [5.74, 6) is -0.300. The summed E-state index contributed by atoms with van der Waals surface area (Å²) in [6, 6.07) is 26.1. The number of hydrogen-bond acceptors (Lipinski definition) is 4. The lowest BCUT2D eigenvalue weighted by Gasteiger charge is -2.07. The van der Waals surface area contributed by atoms with E-state index in [2.05, 4.69) is 0 Å². The van der Waals surface area contributed by atoms with E-state index in [9.17, 15) is 9.59 Å². The van der Waals surface area contributed by atoms with E-state index in [-0.39, 0.29) is 5.97 Å². The monoisotopic (exact) mass is 382 g/mol. The largest absolute Gasteiger partial charge is 0.465 e. The number of esters is 2. The second-order valence-electron chi connectivity index (χ2n) is 6.49. The third kappa shape index (κ3) is 3.73. The fourth-order valence-corrected chi connectivity index (χ4v) is 3.27. The summed E-state index contributed by atoms with van der Waals surface area (Å²) in [5.41, 5.74) is 4.26. The van der Waals surface area contributed by atoms with Gasteiger partial charge in [-0.15, -0.1) is 0 Å². The predicted octanol–water partition coefficient (Wildman–Crippen LogP) is 4.98. The Bertz CT molecular complexity index is 1110. The van der Waals surface area contributed by atoms with Gasteiger partial charge in [0.05, 0.1) is 18.2 Å². The molecule has 1 aliphatic heterocycles. The minimum Gasteiger partial charge on any atom is -0.465 e. The second kappa shape index (κ2) is 7.98. The van der Waals surface area contributed by atoms with Crippen molar-refractivity contribution in [1.29, 1.82) is 0 Å². The maximum absolute atomic E-state index is 12.8. The van der Waals surface area contributed by atoms with Gasteiger partial charge in [0, 0.05) is 5.57 Å². The average Bonchev–Trinajstić information content (AvgIpc) is 3.10. The van der Waals surface area contributed by atoms with Crippen LogP contribution in [0.1, 0.15) is 27.0 Å². The smallest absolute Gasteiger partial charge is 0.344 e.